The zero-order valence-electron chi connectivity index (χ0n) is 9.27. The maximum atomic E-state index is 9.30. The van der Waals surface area contributed by atoms with Crippen molar-refractivity contribution < 1.29 is 5.11 Å². The van der Waals surface area contributed by atoms with Gasteiger partial charge in [0.2, 0.25) is 0 Å². The van der Waals surface area contributed by atoms with Crippen LogP contribution in [0.15, 0.2) is 24.3 Å². The van der Waals surface area contributed by atoms with Crippen LogP contribution in [0.25, 0.3) is 0 Å². The lowest BCUT2D eigenvalue weighted by molar-refractivity contribution is 0.0209. The third kappa shape index (κ3) is 1.85. The molecule has 2 rings (SSSR count). The minimum absolute atomic E-state index is 0.219. The van der Waals surface area contributed by atoms with E-state index in [0.29, 0.717) is 12.8 Å². The molecular weight excluding hydrogens is 188 g/mol. The molecule has 1 fully saturated rings. The van der Waals surface area contributed by atoms with Crippen molar-refractivity contribution in [3.8, 4) is 0 Å². The molecule has 0 radical (unpaired) electrons. The fraction of sp³-hybridized carbons (Fsp3) is 0.500. The van der Waals surface area contributed by atoms with Crippen molar-refractivity contribution in [3.63, 3.8) is 0 Å². The number of aliphatic hydroxyl groups is 1. The molecule has 0 saturated heterocycles. The van der Waals surface area contributed by atoms with Gasteiger partial charge in [0, 0.05) is 25.3 Å². The highest BCUT2D eigenvalue weighted by molar-refractivity contribution is 5.47. The lowest BCUT2D eigenvalue weighted by Gasteiger charge is -2.42. The van der Waals surface area contributed by atoms with Crippen molar-refractivity contribution in [3.05, 3.63) is 29.8 Å². The average Bonchev–Trinajstić information content (AvgIpc) is 2.16. The van der Waals surface area contributed by atoms with Crippen LogP contribution in [-0.4, -0.2) is 25.3 Å². The Bertz CT molecular complexity index is 339. The summed E-state index contributed by atoms with van der Waals surface area (Å²) in [6, 6.07) is 8.24. The summed E-state index contributed by atoms with van der Waals surface area (Å²) < 4.78 is 0. The van der Waals surface area contributed by atoms with Crippen LogP contribution in [0.3, 0.4) is 0 Å². The molecule has 0 aromatic heterocycles. The first-order chi connectivity index (χ1) is 7.01. The molecule has 0 atom stereocenters. The maximum absolute atomic E-state index is 9.30. The van der Waals surface area contributed by atoms with Gasteiger partial charge in [-0.05, 0) is 30.5 Å². The van der Waals surface area contributed by atoms with Crippen molar-refractivity contribution in [2.75, 3.05) is 19.0 Å². The van der Waals surface area contributed by atoms with E-state index >= 15 is 0 Å². The molecule has 1 aliphatic rings. The number of nitrogens with zero attached hydrogens (tertiary/aromatic N) is 1. The summed E-state index contributed by atoms with van der Waals surface area (Å²) in [4.78, 5) is 2.06. The molecule has 1 aromatic carbocycles. The van der Waals surface area contributed by atoms with Gasteiger partial charge in [-0.15, -0.1) is 0 Å². The molecule has 0 amide bonds. The van der Waals surface area contributed by atoms with Crippen molar-refractivity contribution >= 4 is 5.69 Å². The molecule has 1 aliphatic carbocycles. The lowest BCUT2D eigenvalue weighted by atomic mass is 9.70. The predicted octanol–water partition coefficient (Wildman–Crippen LogP) is 1.06. The highest BCUT2D eigenvalue weighted by Gasteiger charge is 2.41. The van der Waals surface area contributed by atoms with Crippen molar-refractivity contribution in [2.45, 2.75) is 24.5 Å². The van der Waals surface area contributed by atoms with Crippen LogP contribution >= 0.6 is 0 Å². The first-order valence-corrected chi connectivity index (χ1v) is 5.26. The van der Waals surface area contributed by atoms with Gasteiger partial charge in [-0.25, -0.2) is 0 Å². The van der Waals surface area contributed by atoms with E-state index in [1.54, 1.807) is 0 Å². The molecular formula is C12H18N2O. The second-order valence-electron chi connectivity index (χ2n) is 4.66. The smallest absolute Gasteiger partial charge is 0.0582 e. The van der Waals surface area contributed by atoms with E-state index in [9.17, 15) is 5.11 Å². The highest BCUT2D eigenvalue weighted by atomic mass is 16.3. The number of anilines is 1. The summed E-state index contributed by atoms with van der Waals surface area (Å²) >= 11 is 0. The topological polar surface area (TPSA) is 49.5 Å². The second-order valence-corrected chi connectivity index (χ2v) is 4.66. The minimum atomic E-state index is -0.301. The number of benzene rings is 1. The van der Waals surface area contributed by atoms with Crippen LogP contribution in [0.1, 0.15) is 18.4 Å². The molecule has 0 aliphatic heterocycles. The van der Waals surface area contributed by atoms with Crippen LogP contribution in [0.2, 0.25) is 0 Å². The number of hydrogen-bond donors (Lipinski definition) is 2. The van der Waals surface area contributed by atoms with Gasteiger partial charge in [0.1, 0.15) is 0 Å². The lowest BCUT2D eigenvalue weighted by Crippen LogP contribution is -2.51. The van der Waals surface area contributed by atoms with Gasteiger partial charge < -0.3 is 15.7 Å². The fourth-order valence-electron chi connectivity index (χ4n) is 2.11. The van der Waals surface area contributed by atoms with E-state index in [-0.39, 0.29) is 11.6 Å². The fourth-order valence-corrected chi connectivity index (χ4v) is 2.11. The second kappa shape index (κ2) is 3.51. The Balaban J connectivity index is 2.17. The predicted molar refractivity (Wildman–Crippen MR) is 61.9 cm³/mol. The summed E-state index contributed by atoms with van der Waals surface area (Å²) in [7, 11) is 4.03. The molecule has 0 unspecified atom stereocenters. The van der Waals surface area contributed by atoms with Gasteiger partial charge >= 0.3 is 0 Å². The van der Waals surface area contributed by atoms with Gasteiger partial charge in [-0.2, -0.15) is 0 Å². The van der Waals surface area contributed by atoms with E-state index in [1.807, 2.05) is 14.1 Å². The molecule has 82 valence electrons. The van der Waals surface area contributed by atoms with Gasteiger partial charge in [-0.1, -0.05) is 12.1 Å². The molecule has 3 N–H and O–H groups in total. The zero-order valence-corrected chi connectivity index (χ0v) is 9.27. The van der Waals surface area contributed by atoms with E-state index in [0.717, 1.165) is 5.56 Å². The Morgan fingerprint density at radius 2 is 1.80 bits per heavy atom. The third-order valence-corrected chi connectivity index (χ3v) is 3.16. The van der Waals surface area contributed by atoms with Crippen LogP contribution < -0.4 is 10.6 Å². The molecule has 0 spiro atoms. The minimum Gasteiger partial charge on any atom is -0.393 e. The quantitative estimate of drug-likeness (QED) is 0.760. The standard InChI is InChI=1S/C12H18N2O/c1-14(2)10-5-3-9(4-6-10)12(13)7-11(15)8-12/h3-6,11,15H,7-8,13H2,1-2H3. The van der Waals surface area contributed by atoms with Crippen LogP contribution in [0.4, 0.5) is 5.69 Å². The number of nitrogens with two attached hydrogens (primary N) is 1. The van der Waals surface area contributed by atoms with Gasteiger partial charge in [0.15, 0.2) is 0 Å². The molecule has 3 nitrogen and oxygen atoms in total. The van der Waals surface area contributed by atoms with E-state index in [1.165, 1.54) is 5.69 Å². The molecule has 3 heteroatoms. The summed E-state index contributed by atoms with van der Waals surface area (Å²) in [5.74, 6) is 0. The van der Waals surface area contributed by atoms with Crippen molar-refractivity contribution in [1.29, 1.82) is 0 Å². The van der Waals surface area contributed by atoms with Gasteiger partial charge in [0.05, 0.1) is 6.10 Å². The Morgan fingerprint density at radius 3 is 2.20 bits per heavy atom. The Kier molecular flexibility index (Phi) is 2.44. The SMILES string of the molecule is CN(C)c1ccc(C2(N)CC(O)C2)cc1. The number of hydrogen-bond acceptors (Lipinski definition) is 3. The number of rotatable bonds is 2. The molecule has 1 aromatic rings. The van der Waals surface area contributed by atoms with E-state index < -0.39 is 0 Å². The largest absolute Gasteiger partial charge is 0.393 e. The van der Waals surface area contributed by atoms with Crippen LogP contribution in [-0.2, 0) is 5.54 Å². The molecule has 0 heterocycles. The monoisotopic (exact) mass is 206 g/mol. The van der Waals surface area contributed by atoms with Crippen molar-refractivity contribution in [2.24, 2.45) is 5.73 Å². The molecule has 0 bridgehead atoms. The van der Waals surface area contributed by atoms with Gasteiger partial charge in [-0.3, -0.25) is 0 Å². The summed E-state index contributed by atoms with van der Waals surface area (Å²) in [5.41, 5.74) is 8.16. The van der Waals surface area contributed by atoms with Crippen molar-refractivity contribution in [1.82, 2.24) is 0 Å². The first-order valence-electron chi connectivity index (χ1n) is 5.26. The van der Waals surface area contributed by atoms with Crippen LogP contribution in [0, 0.1) is 0 Å². The third-order valence-electron chi connectivity index (χ3n) is 3.16. The van der Waals surface area contributed by atoms with E-state index in [4.69, 9.17) is 5.73 Å². The normalized spacial score (nSPS) is 29.7. The zero-order chi connectivity index (χ0) is 11.1. The van der Waals surface area contributed by atoms with Gasteiger partial charge in [0.25, 0.3) is 0 Å². The van der Waals surface area contributed by atoms with Crippen LogP contribution in [0.5, 0.6) is 0 Å². The first kappa shape index (κ1) is 10.5. The Labute approximate surface area is 90.5 Å². The Hall–Kier alpha value is -1.06. The number of aliphatic hydroxyl groups excluding tert-OH is 1. The Morgan fingerprint density at radius 1 is 1.27 bits per heavy atom. The molecule has 1 saturated carbocycles. The highest BCUT2D eigenvalue weighted by Crippen LogP contribution is 2.39. The average molecular weight is 206 g/mol. The molecule has 15 heavy (non-hydrogen) atoms. The van der Waals surface area contributed by atoms with E-state index in [2.05, 4.69) is 29.2 Å². The maximum Gasteiger partial charge on any atom is 0.0582 e. The summed E-state index contributed by atoms with van der Waals surface area (Å²) in [6.07, 6.45) is 1.13. The summed E-state index contributed by atoms with van der Waals surface area (Å²) in [5, 5.41) is 9.30. The summed E-state index contributed by atoms with van der Waals surface area (Å²) in [6.45, 7) is 0.